The van der Waals surface area contributed by atoms with Gasteiger partial charge in [-0.25, -0.2) is 0 Å². The maximum absolute atomic E-state index is 10.4. The van der Waals surface area contributed by atoms with E-state index in [9.17, 15) is 10.2 Å². The molecule has 0 aliphatic rings. The Kier molecular flexibility index (Phi) is 7.13. The first-order chi connectivity index (χ1) is 12.0. The lowest BCUT2D eigenvalue weighted by atomic mass is 9.95. The van der Waals surface area contributed by atoms with Gasteiger partial charge < -0.3 is 24.4 Å². The summed E-state index contributed by atoms with van der Waals surface area (Å²) in [6.45, 7) is 0.881. The van der Waals surface area contributed by atoms with Crippen LogP contribution in [-0.2, 0) is 39.8 Å². The lowest BCUT2D eigenvalue weighted by molar-refractivity contribution is 0.174. The topological polar surface area (TPSA) is 68.2 Å². The Balaban J connectivity index is 2.61. The van der Waals surface area contributed by atoms with Crippen LogP contribution in [0.15, 0.2) is 24.3 Å². The van der Waals surface area contributed by atoms with Crippen LogP contribution in [0.2, 0.25) is 0 Å². The molecule has 0 atom stereocenters. The molecule has 2 aromatic rings. The van der Waals surface area contributed by atoms with Gasteiger partial charge in [-0.05, 0) is 35.4 Å². The van der Waals surface area contributed by atoms with Crippen molar-refractivity contribution in [2.75, 3.05) is 21.3 Å². The lowest BCUT2D eigenvalue weighted by Crippen LogP contribution is -1.98. The van der Waals surface area contributed by atoms with Crippen molar-refractivity contribution in [1.29, 1.82) is 0 Å². The third kappa shape index (κ3) is 4.46. The van der Waals surface area contributed by atoms with Crippen molar-refractivity contribution in [1.82, 2.24) is 0 Å². The summed E-state index contributed by atoms with van der Waals surface area (Å²) < 4.78 is 15.5. The molecule has 0 radical (unpaired) electrons. The SMILES string of the molecule is COCc1cc(-c2cc(COC)c(O)c(COC)c2)cc(CS)c1O. The van der Waals surface area contributed by atoms with E-state index in [2.05, 4.69) is 12.6 Å². The predicted molar refractivity (Wildman–Crippen MR) is 100 cm³/mol. The third-order valence-electron chi connectivity index (χ3n) is 3.94. The third-order valence-corrected chi connectivity index (χ3v) is 4.28. The van der Waals surface area contributed by atoms with Crippen LogP contribution >= 0.6 is 12.6 Å². The summed E-state index contributed by atoms with van der Waals surface area (Å²) in [5.74, 6) is 0.788. The first-order valence-corrected chi connectivity index (χ1v) is 8.46. The molecule has 0 fully saturated rings. The summed E-state index contributed by atoms with van der Waals surface area (Å²) in [4.78, 5) is 0. The van der Waals surface area contributed by atoms with Gasteiger partial charge in [-0.1, -0.05) is 0 Å². The highest BCUT2D eigenvalue weighted by Gasteiger charge is 2.15. The number of methoxy groups -OCH3 is 3. The number of phenols is 2. The molecule has 0 amide bonds. The van der Waals surface area contributed by atoms with Crippen molar-refractivity contribution in [2.24, 2.45) is 0 Å². The molecule has 0 aliphatic carbocycles. The van der Waals surface area contributed by atoms with Crippen molar-refractivity contribution in [2.45, 2.75) is 25.6 Å². The van der Waals surface area contributed by atoms with Gasteiger partial charge in [0.05, 0.1) is 19.8 Å². The minimum Gasteiger partial charge on any atom is -0.507 e. The molecule has 0 aromatic heterocycles. The monoisotopic (exact) mass is 364 g/mol. The molecule has 0 saturated heterocycles. The fraction of sp³-hybridized carbons (Fsp3) is 0.368. The number of phenolic OH excluding ortho intramolecular Hbond substituents is 2. The van der Waals surface area contributed by atoms with Crippen molar-refractivity contribution in [3.63, 3.8) is 0 Å². The summed E-state index contributed by atoms with van der Waals surface area (Å²) in [5.41, 5.74) is 4.59. The van der Waals surface area contributed by atoms with Crippen LogP contribution in [-0.4, -0.2) is 31.5 Å². The Bertz CT molecular complexity index is 703. The van der Waals surface area contributed by atoms with Crippen LogP contribution < -0.4 is 0 Å². The zero-order chi connectivity index (χ0) is 18.4. The van der Waals surface area contributed by atoms with Gasteiger partial charge in [-0.3, -0.25) is 0 Å². The molecule has 2 aromatic carbocycles. The van der Waals surface area contributed by atoms with E-state index >= 15 is 0 Å². The molecule has 0 unspecified atom stereocenters. The second kappa shape index (κ2) is 9.10. The van der Waals surface area contributed by atoms with Crippen LogP contribution in [0, 0.1) is 0 Å². The van der Waals surface area contributed by atoms with E-state index in [-0.39, 0.29) is 11.5 Å². The molecule has 2 rings (SSSR count). The van der Waals surface area contributed by atoms with E-state index in [4.69, 9.17) is 14.2 Å². The molecule has 5 nitrogen and oxygen atoms in total. The average Bonchev–Trinajstić information content (AvgIpc) is 2.60. The average molecular weight is 364 g/mol. The summed E-state index contributed by atoms with van der Waals surface area (Å²) in [6.07, 6.45) is 0. The van der Waals surface area contributed by atoms with Gasteiger partial charge in [-0.15, -0.1) is 0 Å². The fourth-order valence-electron chi connectivity index (χ4n) is 2.77. The van der Waals surface area contributed by atoms with Crippen molar-refractivity contribution < 1.29 is 24.4 Å². The largest absolute Gasteiger partial charge is 0.507 e. The van der Waals surface area contributed by atoms with E-state index in [0.29, 0.717) is 42.3 Å². The molecular weight excluding hydrogens is 340 g/mol. The van der Waals surface area contributed by atoms with Crippen LogP contribution in [0.5, 0.6) is 11.5 Å². The summed E-state index contributed by atoms with van der Waals surface area (Å²) >= 11 is 4.30. The molecule has 0 spiro atoms. The maximum Gasteiger partial charge on any atom is 0.126 e. The van der Waals surface area contributed by atoms with E-state index in [1.807, 2.05) is 24.3 Å². The highest BCUT2D eigenvalue weighted by atomic mass is 32.1. The Labute approximate surface area is 153 Å². The summed E-state index contributed by atoms with van der Waals surface area (Å²) in [5, 5.41) is 20.7. The zero-order valence-electron chi connectivity index (χ0n) is 14.7. The Morgan fingerprint density at radius 3 is 1.32 bits per heavy atom. The van der Waals surface area contributed by atoms with Gasteiger partial charge in [0.1, 0.15) is 11.5 Å². The molecule has 0 aliphatic heterocycles. The van der Waals surface area contributed by atoms with Gasteiger partial charge in [0.25, 0.3) is 0 Å². The second-order valence-corrected chi connectivity index (χ2v) is 6.06. The van der Waals surface area contributed by atoms with Gasteiger partial charge in [0.2, 0.25) is 0 Å². The molecular formula is C19H24O5S. The Morgan fingerprint density at radius 1 is 0.680 bits per heavy atom. The van der Waals surface area contributed by atoms with Crippen LogP contribution in [0.4, 0.5) is 0 Å². The lowest BCUT2D eigenvalue weighted by Gasteiger charge is -2.15. The number of rotatable bonds is 8. The number of aromatic hydroxyl groups is 2. The second-order valence-electron chi connectivity index (χ2n) is 5.74. The minimum atomic E-state index is 0.178. The van der Waals surface area contributed by atoms with Crippen LogP contribution in [0.3, 0.4) is 0 Å². The van der Waals surface area contributed by atoms with Crippen molar-refractivity contribution in [3.05, 3.63) is 46.5 Å². The molecule has 25 heavy (non-hydrogen) atoms. The first kappa shape index (κ1) is 19.6. The minimum absolute atomic E-state index is 0.178. The number of hydrogen-bond donors (Lipinski definition) is 3. The molecule has 0 saturated carbocycles. The number of thiol groups is 1. The normalized spacial score (nSPS) is 11.0. The van der Waals surface area contributed by atoms with Gasteiger partial charge in [0.15, 0.2) is 0 Å². The molecule has 136 valence electrons. The van der Waals surface area contributed by atoms with Crippen molar-refractivity contribution in [3.8, 4) is 22.6 Å². The van der Waals surface area contributed by atoms with Gasteiger partial charge in [0, 0.05) is 49.3 Å². The number of ether oxygens (including phenoxy) is 3. The predicted octanol–water partition coefficient (Wildman–Crippen LogP) is 3.63. The van der Waals surface area contributed by atoms with Gasteiger partial charge >= 0.3 is 0 Å². The quantitative estimate of drug-likeness (QED) is 0.624. The van der Waals surface area contributed by atoms with Crippen LogP contribution in [0.25, 0.3) is 11.1 Å². The fourth-order valence-corrected chi connectivity index (χ4v) is 3.01. The maximum atomic E-state index is 10.4. The summed E-state index contributed by atoms with van der Waals surface area (Å²) in [7, 11) is 4.75. The van der Waals surface area contributed by atoms with Gasteiger partial charge in [-0.2, -0.15) is 12.6 Å². The van der Waals surface area contributed by atoms with E-state index in [0.717, 1.165) is 16.7 Å². The summed E-state index contributed by atoms with van der Waals surface area (Å²) in [6, 6.07) is 7.53. The molecule has 2 N–H and O–H groups in total. The molecule has 6 heteroatoms. The first-order valence-electron chi connectivity index (χ1n) is 7.83. The Hall–Kier alpha value is -1.73. The highest BCUT2D eigenvalue weighted by molar-refractivity contribution is 7.79. The van der Waals surface area contributed by atoms with Crippen LogP contribution in [0.1, 0.15) is 22.3 Å². The van der Waals surface area contributed by atoms with Crippen molar-refractivity contribution >= 4 is 12.6 Å². The number of benzene rings is 2. The number of hydrogen-bond acceptors (Lipinski definition) is 6. The smallest absolute Gasteiger partial charge is 0.126 e. The zero-order valence-corrected chi connectivity index (χ0v) is 15.6. The Morgan fingerprint density at radius 2 is 1.00 bits per heavy atom. The van der Waals surface area contributed by atoms with E-state index in [1.54, 1.807) is 21.3 Å². The standard InChI is InChI=1S/C19H24O5S/c1-22-8-14-4-12(5-15(9-23-2)18(14)20)13-6-16(10-24-3)19(21)17(7-13)11-25/h4-7,20-21,25H,8-11H2,1-3H3. The van der Waals surface area contributed by atoms with E-state index in [1.165, 1.54) is 0 Å². The molecule has 0 heterocycles. The van der Waals surface area contributed by atoms with E-state index < -0.39 is 0 Å². The molecule has 0 bridgehead atoms. The highest BCUT2D eigenvalue weighted by Crippen LogP contribution is 2.35.